The Hall–Kier alpha value is -3.01. The summed E-state index contributed by atoms with van der Waals surface area (Å²) in [7, 11) is 1.53. The van der Waals surface area contributed by atoms with E-state index in [1.165, 1.54) is 13.3 Å². The smallest absolute Gasteiger partial charge is 0.435 e. The number of piperazine rings is 1. The van der Waals surface area contributed by atoms with Crippen LogP contribution in [0.2, 0.25) is 0 Å². The van der Waals surface area contributed by atoms with Gasteiger partial charge in [-0.25, -0.2) is 9.78 Å². The third-order valence-electron chi connectivity index (χ3n) is 5.91. The Bertz CT molecular complexity index is 1190. The summed E-state index contributed by atoms with van der Waals surface area (Å²) in [4.78, 5) is 19.8. The fourth-order valence-corrected chi connectivity index (χ4v) is 4.32. The fraction of sp³-hybridized carbons (Fsp3) is 0.500. The van der Waals surface area contributed by atoms with E-state index in [4.69, 9.17) is 9.47 Å². The van der Waals surface area contributed by atoms with E-state index in [0.717, 1.165) is 5.39 Å². The van der Waals surface area contributed by atoms with E-state index >= 15 is 0 Å². The van der Waals surface area contributed by atoms with Gasteiger partial charge in [-0.3, -0.25) is 4.90 Å². The van der Waals surface area contributed by atoms with Crippen molar-refractivity contribution in [3.63, 3.8) is 0 Å². The Kier molecular flexibility index (Phi) is 6.37. The zero-order valence-corrected chi connectivity index (χ0v) is 19.8. The minimum atomic E-state index is -4.57. The first kappa shape index (κ1) is 24.1. The maximum Gasteiger partial charge on any atom is 0.435 e. The lowest BCUT2D eigenvalue weighted by molar-refractivity contribution is -0.140. The monoisotopic (exact) mass is 478 g/mol. The van der Waals surface area contributed by atoms with Crippen molar-refractivity contribution in [3.05, 3.63) is 36.2 Å². The number of pyridine rings is 1. The van der Waals surface area contributed by atoms with Crippen molar-refractivity contribution in [1.82, 2.24) is 19.4 Å². The summed E-state index contributed by atoms with van der Waals surface area (Å²) in [5, 5.41) is 1.23. The molecule has 3 aromatic rings. The second-order valence-corrected chi connectivity index (χ2v) is 9.40. The molecule has 1 aromatic carbocycles. The standard InChI is InChI=1S/C24H29F3N4O3/c1-23(2,3)34-22(32)30-12-9-29(10-13-30)11-14-31-19-15-16(33-4)5-6-17(19)18-7-8-28-21(20(18)31)24(25,26)27/h5-8,15H,9-14H2,1-4H3. The molecule has 1 aliphatic heterocycles. The molecule has 4 rings (SSSR count). The molecule has 0 bridgehead atoms. The molecule has 184 valence electrons. The highest BCUT2D eigenvalue weighted by molar-refractivity contribution is 6.09. The summed E-state index contributed by atoms with van der Waals surface area (Å²) in [6.07, 6.45) is -3.72. The molecule has 1 fully saturated rings. The zero-order valence-electron chi connectivity index (χ0n) is 19.8. The second kappa shape index (κ2) is 8.98. The highest BCUT2D eigenvalue weighted by atomic mass is 19.4. The predicted octanol–water partition coefficient (Wildman–Crippen LogP) is 4.77. The molecule has 1 saturated heterocycles. The van der Waals surface area contributed by atoms with Crippen LogP contribution in [0.25, 0.3) is 21.8 Å². The lowest BCUT2D eigenvalue weighted by Crippen LogP contribution is -2.50. The number of benzene rings is 1. The minimum Gasteiger partial charge on any atom is -0.497 e. The lowest BCUT2D eigenvalue weighted by Gasteiger charge is -2.35. The van der Waals surface area contributed by atoms with Crippen LogP contribution in [0.15, 0.2) is 30.5 Å². The van der Waals surface area contributed by atoms with E-state index in [-0.39, 0.29) is 11.6 Å². The number of halogens is 3. The van der Waals surface area contributed by atoms with Gasteiger partial charge in [0.25, 0.3) is 0 Å². The van der Waals surface area contributed by atoms with Gasteiger partial charge in [0.1, 0.15) is 11.4 Å². The molecular weight excluding hydrogens is 449 g/mol. The summed E-state index contributed by atoms with van der Waals surface area (Å²) in [5.41, 5.74) is -0.712. The second-order valence-electron chi connectivity index (χ2n) is 9.40. The molecule has 0 saturated carbocycles. The lowest BCUT2D eigenvalue weighted by atomic mass is 10.1. The number of rotatable bonds is 4. The summed E-state index contributed by atoms with van der Waals surface area (Å²) in [6.45, 7) is 8.59. The normalized spacial score (nSPS) is 15.8. The van der Waals surface area contributed by atoms with Crippen molar-refractivity contribution in [3.8, 4) is 5.75 Å². The average molecular weight is 479 g/mol. The molecule has 1 amide bonds. The van der Waals surface area contributed by atoms with Crippen LogP contribution in [0.4, 0.5) is 18.0 Å². The van der Waals surface area contributed by atoms with E-state index in [0.29, 0.717) is 55.9 Å². The van der Waals surface area contributed by atoms with Crippen LogP contribution in [-0.2, 0) is 17.5 Å². The number of ether oxygens (including phenoxy) is 2. The van der Waals surface area contributed by atoms with Gasteiger partial charge in [-0.1, -0.05) is 0 Å². The zero-order chi connectivity index (χ0) is 24.7. The maximum absolute atomic E-state index is 13.8. The Morgan fingerprint density at radius 3 is 2.35 bits per heavy atom. The van der Waals surface area contributed by atoms with Crippen LogP contribution >= 0.6 is 0 Å². The van der Waals surface area contributed by atoms with E-state index < -0.39 is 17.5 Å². The number of fused-ring (bicyclic) bond motifs is 3. The number of carbonyl (C=O) groups excluding carboxylic acids is 1. The topological polar surface area (TPSA) is 59.8 Å². The molecule has 10 heteroatoms. The highest BCUT2D eigenvalue weighted by Crippen LogP contribution is 2.38. The Morgan fingerprint density at radius 2 is 1.74 bits per heavy atom. The number of methoxy groups -OCH3 is 1. The number of hydrogen-bond donors (Lipinski definition) is 0. The van der Waals surface area contributed by atoms with Crippen LogP contribution in [0.5, 0.6) is 5.75 Å². The van der Waals surface area contributed by atoms with Crippen LogP contribution in [-0.4, -0.2) is 70.9 Å². The van der Waals surface area contributed by atoms with Gasteiger partial charge in [-0.15, -0.1) is 0 Å². The van der Waals surface area contributed by atoms with E-state index in [2.05, 4.69) is 9.88 Å². The molecule has 2 aromatic heterocycles. The molecule has 1 aliphatic rings. The molecule has 0 atom stereocenters. The van der Waals surface area contributed by atoms with Crippen molar-refractivity contribution < 1.29 is 27.4 Å². The minimum absolute atomic E-state index is 0.0747. The molecule has 0 unspecified atom stereocenters. The molecule has 7 nitrogen and oxygen atoms in total. The Balaban J connectivity index is 1.59. The van der Waals surface area contributed by atoms with E-state index in [9.17, 15) is 18.0 Å². The Morgan fingerprint density at radius 1 is 1.03 bits per heavy atom. The summed E-state index contributed by atoms with van der Waals surface area (Å²) in [6, 6.07) is 6.91. The fourth-order valence-electron chi connectivity index (χ4n) is 4.32. The molecule has 3 heterocycles. The summed E-state index contributed by atoms with van der Waals surface area (Å²) in [5.74, 6) is 0.573. The van der Waals surface area contributed by atoms with Gasteiger partial charge < -0.3 is 18.9 Å². The van der Waals surface area contributed by atoms with Gasteiger partial charge in [0.2, 0.25) is 0 Å². The SMILES string of the molecule is COc1ccc2c3ccnc(C(F)(F)F)c3n(CCN3CCN(C(=O)OC(C)(C)C)CC3)c2c1. The van der Waals surface area contributed by atoms with Crippen molar-refractivity contribution in [1.29, 1.82) is 0 Å². The first-order chi connectivity index (χ1) is 16.0. The summed E-state index contributed by atoms with van der Waals surface area (Å²) >= 11 is 0. The van der Waals surface area contributed by atoms with Crippen molar-refractivity contribution in [2.75, 3.05) is 39.8 Å². The number of carbonyl (C=O) groups is 1. The van der Waals surface area contributed by atoms with Crippen molar-refractivity contribution in [2.24, 2.45) is 0 Å². The van der Waals surface area contributed by atoms with E-state index in [1.54, 1.807) is 33.7 Å². The molecule has 0 aliphatic carbocycles. The van der Waals surface area contributed by atoms with Crippen LogP contribution in [0, 0.1) is 0 Å². The number of amides is 1. The van der Waals surface area contributed by atoms with Crippen LogP contribution < -0.4 is 4.74 Å². The van der Waals surface area contributed by atoms with Gasteiger partial charge in [-0.05, 0) is 39.0 Å². The van der Waals surface area contributed by atoms with Gasteiger partial charge in [0.05, 0.1) is 18.1 Å². The predicted molar refractivity (Wildman–Crippen MR) is 123 cm³/mol. The summed E-state index contributed by atoms with van der Waals surface area (Å²) < 4.78 is 54.0. The van der Waals surface area contributed by atoms with Gasteiger partial charge in [0, 0.05) is 62.3 Å². The number of hydrogen-bond acceptors (Lipinski definition) is 5. The molecule has 34 heavy (non-hydrogen) atoms. The molecule has 0 N–H and O–H groups in total. The first-order valence-corrected chi connectivity index (χ1v) is 11.2. The largest absolute Gasteiger partial charge is 0.497 e. The third-order valence-corrected chi connectivity index (χ3v) is 5.91. The average Bonchev–Trinajstić information content (AvgIpc) is 3.09. The molecule has 0 radical (unpaired) electrons. The van der Waals surface area contributed by atoms with Gasteiger partial charge >= 0.3 is 12.3 Å². The Labute approximate surface area is 196 Å². The number of alkyl halides is 3. The number of aromatic nitrogens is 2. The molecule has 0 spiro atoms. The van der Waals surface area contributed by atoms with Crippen molar-refractivity contribution >= 4 is 27.9 Å². The van der Waals surface area contributed by atoms with Gasteiger partial charge in [0.15, 0.2) is 5.69 Å². The van der Waals surface area contributed by atoms with Crippen LogP contribution in [0.3, 0.4) is 0 Å². The van der Waals surface area contributed by atoms with Gasteiger partial charge in [-0.2, -0.15) is 13.2 Å². The van der Waals surface area contributed by atoms with E-state index in [1.807, 2.05) is 20.8 Å². The maximum atomic E-state index is 13.8. The van der Waals surface area contributed by atoms with Crippen molar-refractivity contribution in [2.45, 2.75) is 39.1 Å². The number of nitrogens with zero attached hydrogens (tertiary/aromatic N) is 4. The quantitative estimate of drug-likeness (QED) is 0.541. The first-order valence-electron chi connectivity index (χ1n) is 11.2. The third kappa shape index (κ3) is 4.91. The highest BCUT2D eigenvalue weighted by Gasteiger charge is 2.36. The van der Waals surface area contributed by atoms with Crippen LogP contribution in [0.1, 0.15) is 26.5 Å². The molecular formula is C24H29F3N4O3.